The Hall–Kier alpha value is -3.23. The van der Waals surface area contributed by atoms with Crippen molar-refractivity contribution in [2.75, 3.05) is 6.54 Å². The number of aromatic hydroxyl groups is 1. The van der Waals surface area contributed by atoms with Gasteiger partial charge in [0.1, 0.15) is 17.2 Å². The molecule has 1 aromatic carbocycles. The summed E-state index contributed by atoms with van der Waals surface area (Å²) in [6, 6.07) is 2.91. The molecule has 2 amide bonds. The first-order valence-corrected chi connectivity index (χ1v) is 8.86. The third-order valence-electron chi connectivity index (χ3n) is 5.20. The van der Waals surface area contributed by atoms with Gasteiger partial charge in [-0.05, 0) is 18.9 Å². The normalized spacial score (nSPS) is 18.0. The number of amides is 2. The molecule has 2 aliphatic heterocycles. The van der Waals surface area contributed by atoms with E-state index in [2.05, 4.69) is 5.32 Å². The SMILES string of the molecule is O=C(NCc1ccc(F)cc1F)c1cn2c(c(O)c1=O)C(=O)N1CCC[C@@H]1C2. The van der Waals surface area contributed by atoms with Crippen LogP contribution in [0.1, 0.15) is 39.3 Å². The van der Waals surface area contributed by atoms with Crippen LogP contribution in [-0.4, -0.2) is 39.0 Å². The number of nitrogens with one attached hydrogen (secondary N) is 1. The third-order valence-corrected chi connectivity index (χ3v) is 5.20. The summed E-state index contributed by atoms with van der Waals surface area (Å²) in [5.74, 6) is -3.58. The maximum Gasteiger partial charge on any atom is 0.274 e. The molecule has 0 spiro atoms. The highest BCUT2D eigenvalue weighted by Gasteiger charge is 2.38. The molecule has 1 saturated heterocycles. The molecule has 0 unspecified atom stereocenters. The second kappa shape index (κ2) is 6.74. The molecule has 1 aromatic heterocycles. The van der Waals surface area contributed by atoms with Crippen molar-refractivity contribution in [1.29, 1.82) is 0 Å². The van der Waals surface area contributed by atoms with Gasteiger partial charge in [-0.1, -0.05) is 6.07 Å². The number of carbonyl (C=O) groups excluding carboxylic acids is 2. The van der Waals surface area contributed by atoms with Crippen molar-refractivity contribution in [2.45, 2.75) is 32.0 Å². The zero-order valence-corrected chi connectivity index (χ0v) is 14.7. The highest BCUT2D eigenvalue weighted by atomic mass is 19.1. The van der Waals surface area contributed by atoms with Crippen molar-refractivity contribution in [3.05, 3.63) is 63.1 Å². The fourth-order valence-electron chi connectivity index (χ4n) is 3.77. The summed E-state index contributed by atoms with van der Waals surface area (Å²) in [6.45, 7) is 0.687. The molecule has 3 heterocycles. The standard InChI is InChI=1S/C19H17F2N3O4/c20-11-4-3-10(14(21)6-11)7-22-18(27)13-9-23-8-12-2-1-5-24(12)19(28)15(23)17(26)16(13)25/h3-4,6,9,12,26H,1-2,5,7-8H2,(H,22,27)/t12-/m1/s1. The van der Waals surface area contributed by atoms with Gasteiger partial charge in [0.2, 0.25) is 5.43 Å². The fourth-order valence-corrected chi connectivity index (χ4v) is 3.77. The minimum Gasteiger partial charge on any atom is -0.503 e. The molecule has 0 saturated carbocycles. The van der Waals surface area contributed by atoms with E-state index >= 15 is 0 Å². The van der Waals surface area contributed by atoms with Crippen LogP contribution >= 0.6 is 0 Å². The Morgan fingerprint density at radius 2 is 2.07 bits per heavy atom. The Morgan fingerprint density at radius 3 is 2.82 bits per heavy atom. The second-order valence-corrected chi connectivity index (χ2v) is 6.93. The first-order chi connectivity index (χ1) is 13.4. The zero-order valence-electron chi connectivity index (χ0n) is 14.7. The summed E-state index contributed by atoms with van der Waals surface area (Å²) in [6.07, 6.45) is 2.90. The average Bonchev–Trinajstić information content (AvgIpc) is 3.12. The van der Waals surface area contributed by atoms with Crippen LogP contribution in [0.5, 0.6) is 5.75 Å². The van der Waals surface area contributed by atoms with Crippen molar-refractivity contribution in [3.63, 3.8) is 0 Å². The molecule has 1 fully saturated rings. The third kappa shape index (κ3) is 2.92. The van der Waals surface area contributed by atoms with Crippen LogP contribution in [-0.2, 0) is 13.1 Å². The van der Waals surface area contributed by atoms with Gasteiger partial charge in [0.15, 0.2) is 11.4 Å². The molecule has 2 aromatic rings. The number of hydrogen-bond donors (Lipinski definition) is 2. The molecule has 2 N–H and O–H groups in total. The lowest BCUT2D eigenvalue weighted by Crippen LogP contribution is -2.46. The summed E-state index contributed by atoms with van der Waals surface area (Å²) >= 11 is 0. The van der Waals surface area contributed by atoms with Gasteiger partial charge in [-0.15, -0.1) is 0 Å². The van der Waals surface area contributed by atoms with Gasteiger partial charge in [0.05, 0.1) is 6.04 Å². The molecule has 1 atom stereocenters. The Balaban J connectivity index is 1.62. The number of hydrogen-bond acceptors (Lipinski definition) is 4. The first-order valence-electron chi connectivity index (χ1n) is 8.86. The molecular weight excluding hydrogens is 372 g/mol. The van der Waals surface area contributed by atoms with E-state index in [1.165, 1.54) is 16.8 Å². The molecular formula is C19H17F2N3O4. The van der Waals surface area contributed by atoms with Gasteiger partial charge in [-0.3, -0.25) is 14.4 Å². The largest absolute Gasteiger partial charge is 0.503 e. The predicted molar refractivity (Wildman–Crippen MR) is 94.0 cm³/mol. The molecule has 7 nitrogen and oxygen atoms in total. The van der Waals surface area contributed by atoms with E-state index < -0.39 is 34.6 Å². The van der Waals surface area contributed by atoms with Gasteiger partial charge >= 0.3 is 0 Å². The van der Waals surface area contributed by atoms with Gasteiger partial charge in [-0.2, -0.15) is 0 Å². The topological polar surface area (TPSA) is 91.6 Å². The number of rotatable bonds is 3. The number of benzene rings is 1. The molecule has 146 valence electrons. The summed E-state index contributed by atoms with van der Waals surface area (Å²) in [7, 11) is 0. The minimum absolute atomic E-state index is 0.0360. The minimum atomic E-state index is -0.964. The Morgan fingerprint density at radius 1 is 1.29 bits per heavy atom. The van der Waals surface area contributed by atoms with Gasteiger partial charge in [0, 0.05) is 37.5 Å². The van der Waals surface area contributed by atoms with Crippen LogP contribution in [0.25, 0.3) is 0 Å². The molecule has 9 heteroatoms. The number of pyridine rings is 1. The lowest BCUT2D eigenvalue weighted by molar-refractivity contribution is 0.0659. The van der Waals surface area contributed by atoms with E-state index in [-0.39, 0.29) is 29.4 Å². The molecule has 0 radical (unpaired) electrons. The second-order valence-electron chi connectivity index (χ2n) is 6.93. The van der Waals surface area contributed by atoms with Crippen molar-refractivity contribution in [2.24, 2.45) is 0 Å². The maximum absolute atomic E-state index is 13.7. The lowest BCUT2D eigenvalue weighted by Gasteiger charge is -2.33. The van der Waals surface area contributed by atoms with Crippen molar-refractivity contribution in [3.8, 4) is 5.75 Å². The van der Waals surface area contributed by atoms with Crippen LogP contribution in [0.4, 0.5) is 8.78 Å². The lowest BCUT2D eigenvalue weighted by atomic mass is 10.1. The van der Waals surface area contributed by atoms with E-state index in [1.54, 1.807) is 4.90 Å². The quantitative estimate of drug-likeness (QED) is 0.830. The highest BCUT2D eigenvalue weighted by Crippen LogP contribution is 2.29. The molecule has 0 bridgehead atoms. The van der Waals surface area contributed by atoms with Crippen LogP contribution in [0.3, 0.4) is 0 Å². The van der Waals surface area contributed by atoms with E-state index in [0.29, 0.717) is 19.2 Å². The number of carbonyl (C=O) groups is 2. The van der Waals surface area contributed by atoms with Crippen molar-refractivity contribution >= 4 is 11.8 Å². The van der Waals surface area contributed by atoms with Crippen molar-refractivity contribution in [1.82, 2.24) is 14.8 Å². The van der Waals surface area contributed by atoms with Gasteiger partial charge < -0.3 is 19.9 Å². The summed E-state index contributed by atoms with van der Waals surface area (Å²) in [4.78, 5) is 39.1. The average molecular weight is 389 g/mol. The van der Waals surface area contributed by atoms with E-state index in [0.717, 1.165) is 18.9 Å². The molecule has 2 aliphatic rings. The van der Waals surface area contributed by atoms with Crippen LogP contribution in [0, 0.1) is 11.6 Å². The van der Waals surface area contributed by atoms with E-state index in [9.17, 15) is 28.3 Å². The molecule has 0 aliphatic carbocycles. The van der Waals surface area contributed by atoms with Crippen LogP contribution in [0.2, 0.25) is 0 Å². The van der Waals surface area contributed by atoms with E-state index in [1.807, 2.05) is 0 Å². The smallest absolute Gasteiger partial charge is 0.274 e. The molecule has 4 rings (SSSR count). The first kappa shape index (κ1) is 18.1. The highest BCUT2D eigenvalue weighted by molar-refractivity contribution is 5.99. The number of fused-ring (bicyclic) bond motifs is 2. The van der Waals surface area contributed by atoms with Crippen molar-refractivity contribution < 1.29 is 23.5 Å². The Labute approximate surface area is 158 Å². The monoisotopic (exact) mass is 389 g/mol. The van der Waals surface area contributed by atoms with Gasteiger partial charge in [-0.25, -0.2) is 8.78 Å². The maximum atomic E-state index is 13.7. The summed E-state index contributed by atoms with van der Waals surface area (Å²) in [5.41, 5.74) is -1.38. The number of aromatic nitrogens is 1. The Bertz CT molecular complexity index is 1050. The zero-order chi connectivity index (χ0) is 20.0. The fraction of sp³-hybridized carbons (Fsp3) is 0.316. The summed E-state index contributed by atoms with van der Waals surface area (Å²) in [5, 5.41) is 12.6. The Kier molecular flexibility index (Phi) is 4.37. The van der Waals surface area contributed by atoms with Crippen LogP contribution in [0.15, 0.2) is 29.2 Å². The number of nitrogens with zero attached hydrogens (tertiary/aromatic N) is 2. The predicted octanol–water partition coefficient (Wildman–Crippen LogP) is 1.38. The number of halogens is 2. The summed E-state index contributed by atoms with van der Waals surface area (Å²) < 4.78 is 28.1. The molecule has 28 heavy (non-hydrogen) atoms. The van der Waals surface area contributed by atoms with Crippen LogP contribution < -0.4 is 10.7 Å². The van der Waals surface area contributed by atoms with Gasteiger partial charge in [0.25, 0.3) is 11.8 Å². The van der Waals surface area contributed by atoms with E-state index in [4.69, 9.17) is 0 Å².